The fourth-order valence-corrected chi connectivity index (χ4v) is 3.89. The van der Waals surface area contributed by atoms with Crippen LogP contribution in [0, 0.1) is 0 Å². The Morgan fingerprint density at radius 1 is 1.18 bits per heavy atom. The summed E-state index contributed by atoms with van der Waals surface area (Å²) in [6, 6.07) is 14.5. The van der Waals surface area contributed by atoms with Crippen molar-refractivity contribution < 1.29 is 19.1 Å². The van der Waals surface area contributed by atoms with E-state index in [1.165, 1.54) is 11.8 Å². The number of hydrogen-bond acceptors (Lipinski definition) is 7. The summed E-state index contributed by atoms with van der Waals surface area (Å²) in [6.07, 6.45) is 3.12. The summed E-state index contributed by atoms with van der Waals surface area (Å²) >= 11 is 1.29. The molecule has 0 atom stereocenters. The van der Waals surface area contributed by atoms with E-state index >= 15 is 0 Å². The second-order valence-corrected chi connectivity index (χ2v) is 8.32. The highest BCUT2D eigenvalue weighted by Gasteiger charge is 2.15. The van der Waals surface area contributed by atoms with Gasteiger partial charge in [0.1, 0.15) is 11.6 Å². The Hall–Kier alpha value is -3.59. The van der Waals surface area contributed by atoms with Gasteiger partial charge in [0.15, 0.2) is 5.16 Å². The number of allylic oxidation sites excluding steroid dienone is 1. The first-order valence-corrected chi connectivity index (χ1v) is 11.9. The summed E-state index contributed by atoms with van der Waals surface area (Å²) in [6.45, 7) is 6.64. The molecule has 0 aliphatic carbocycles. The number of thioether (sulfide) groups is 1. The van der Waals surface area contributed by atoms with Crippen LogP contribution in [0.15, 0.2) is 66.3 Å². The fourth-order valence-electron chi connectivity index (χ4n) is 3.12. The van der Waals surface area contributed by atoms with Gasteiger partial charge in [0.25, 0.3) is 0 Å². The Labute approximate surface area is 203 Å². The lowest BCUT2D eigenvalue weighted by molar-refractivity contribution is -0.113. The number of nitrogens with zero attached hydrogens (tertiary/aromatic N) is 3. The largest absolute Gasteiger partial charge is 0.497 e. The van der Waals surface area contributed by atoms with Crippen LogP contribution in [0.4, 0.5) is 5.69 Å². The van der Waals surface area contributed by atoms with Crippen LogP contribution in [-0.2, 0) is 22.5 Å². The topological polar surface area (TPSA) is 95.3 Å². The number of esters is 1. The minimum Gasteiger partial charge on any atom is -0.497 e. The Morgan fingerprint density at radius 3 is 2.68 bits per heavy atom. The van der Waals surface area contributed by atoms with E-state index < -0.39 is 5.97 Å². The molecule has 1 heterocycles. The predicted molar refractivity (Wildman–Crippen MR) is 132 cm³/mol. The van der Waals surface area contributed by atoms with Crippen LogP contribution in [-0.4, -0.2) is 46.1 Å². The smallest absolute Gasteiger partial charge is 0.338 e. The molecule has 3 rings (SSSR count). The quantitative estimate of drug-likeness (QED) is 0.234. The molecule has 2 aromatic carbocycles. The monoisotopic (exact) mass is 480 g/mol. The van der Waals surface area contributed by atoms with Crippen molar-refractivity contribution in [3.8, 4) is 5.75 Å². The maximum Gasteiger partial charge on any atom is 0.338 e. The van der Waals surface area contributed by atoms with Gasteiger partial charge >= 0.3 is 5.97 Å². The first-order valence-electron chi connectivity index (χ1n) is 10.9. The molecule has 0 fully saturated rings. The summed E-state index contributed by atoms with van der Waals surface area (Å²) in [5.41, 5.74) is 2.00. The van der Waals surface area contributed by atoms with Crippen LogP contribution in [0.5, 0.6) is 5.75 Å². The molecule has 34 heavy (non-hydrogen) atoms. The number of nitrogens with one attached hydrogen (secondary N) is 1. The van der Waals surface area contributed by atoms with E-state index in [-0.39, 0.29) is 11.7 Å². The van der Waals surface area contributed by atoms with Crippen molar-refractivity contribution in [3.05, 3.63) is 78.1 Å². The highest BCUT2D eigenvalue weighted by atomic mass is 32.2. The first-order chi connectivity index (χ1) is 16.5. The van der Waals surface area contributed by atoms with Gasteiger partial charge < -0.3 is 19.4 Å². The molecule has 9 heteroatoms. The fraction of sp³-hybridized carbons (Fsp3) is 0.280. The number of aromatic nitrogens is 3. The normalized spacial score (nSPS) is 10.5. The Bertz CT molecular complexity index is 1130. The van der Waals surface area contributed by atoms with Crippen molar-refractivity contribution in [1.29, 1.82) is 0 Å². The van der Waals surface area contributed by atoms with E-state index in [1.54, 1.807) is 37.5 Å². The molecule has 0 spiro atoms. The molecule has 178 valence electrons. The number of ether oxygens (including phenoxy) is 2. The van der Waals surface area contributed by atoms with Gasteiger partial charge in [0.2, 0.25) is 5.91 Å². The van der Waals surface area contributed by atoms with Gasteiger partial charge in [-0.25, -0.2) is 4.79 Å². The van der Waals surface area contributed by atoms with Crippen molar-refractivity contribution >= 4 is 29.3 Å². The molecule has 0 aliphatic rings. The predicted octanol–water partition coefficient (Wildman–Crippen LogP) is 4.36. The van der Waals surface area contributed by atoms with Gasteiger partial charge in [0.05, 0.1) is 25.0 Å². The minimum atomic E-state index is -0.408. The molecule has 0 radical (unpaired) electrons. The average Bonchev–Trinajstić information content (AvgIpc) is 3.23. The van der Waals surface area contributed by atoms with Gasteiger partial charge in [-0.15, -0.1) is 16.8 Å². The summed E-state index contributed by atoms with van der Waals surface area (Å²) < 4.78 is 12.3. The molecule has 8 nitrogen and oxygen atoms in total. The standard InChI is InChI=1S/C25H28N4O4S/c1-4-13-29-22(15-18-9-11-21(32-3)12-10-18)27-28-25(29)34-17-23(30)26-20-8-6-7-19(16-20)24(31)33-14-5-2/h4,6-12,16H,1,5,13-15,17H2,2-3H3,(H,26,30). The van der Waals surface area contributed by atoms with Crippen molar-refractivity contribution in [3.63, 3.8) is 0 Å². The summed E-state index contributed by atoms with van der Waals surface area (Å²) in [5, 5.41) is 12.0. The zero-order valence-corrected chi connectivity index (χ0v) is 20.1. The molecule has 0 bridgehead atoms. The van der Waals surface area contributed by atoms with Gasteiger partial charge in [-0.1, -0.05) is 43.0 Å². The average molecular weight is 481 g/mol. The number of carbonyl (C=O) groups excluding carboxylic acids is 2. The Balaban J connectivity index is 1.61. The van der Waals surface area contributed by atoms with Crippen LogP contribution in [0.2, 0.25) is 0 Å². The van der Waals surface area contributed by atoms with Crippen molar-refractivity contribution in [1.82, 2.24) is 14.8 Å². The van der Waals surface area contributed by atoms with E-state index in [0.717, 1.165) is 23.6 Å². The third-order valence-corrected chi connectivity index (χ3v) is 5.74. The van der Waals surface area contributed by atoms with Crippen LogP contribution < -0.4 is 10.1 Å². The summed E-state index contributed by atoms with van der Waals surface area (Å²) in [5.74, 6) is 1.10. The lowest BCUT2D eigenvalue weighted by Crippen LogP contribution is -2.15. The van der Waals surface area contributed by atoms with E-state index in [9.17, 15) is 9.59 Å². The number of amides is 1. The van der Waals surface area contributed by atoms with Crippen LogP contribution >= 0.6 is 11.8 Å². The molecule has 1 aromatic heterocycles. The molecular weight excluding hydrogens is 452 g/mol. The number of hydrogen-bond donors (Lipinski definition) is 1. The van der Waals surface area contributed by atoms with Crippen molar-refractivity contribution in [2.45, 2.75) is 31.5 Å². The van der Waals surface area contributed by atoms with Gasteiger partial charge in [0, 0.05) is 18.7 Å². The maximum absolute atomic E-state index is 12.5. The third-order valence-electron chi connectivity index (χ3n) is 4.78. The number of methoxy groups -OCH3 is 1. The minimum absolute atomic E-state index is 0.141. The second-order valence-electron chi connectivity index (χ2n) is 7.38. The highest BCUT2D eigenvalue weighted by Crippen LogP contribution is 2.21. The molecule has 0 unspecified atom stereocenters. The van der Waals surface area contributed by atoms with Crippen molar-refractivity contribution in [2.24, 2.45) is 0 Å². The first kappa shape index (κ1) is 25.0. The van der Waals surface area contributed by atoms with Crippen LogP contribution in [0.1, 0.15) is 35.1 Å². The molecule has 0 saturated carbocycles. The number of carbonyl (C=O) groups is 2. The highest BCUT2D eigenvalue weighted by molar-refractivity contribution is 7.99. The summed E-state index contributed by atoms with van der Waals surface area (Å²) in [7, 11) is 1.63. The van der Waals surface area contributed by atoms with Crippen LogP contribution in [0.25, 0.3) is 0 Å². The van der Waals surface area contributed by atoms with Gasteiger partial charge in [-0.05, 0) is 42.3 Å². The Kier molecular flexibility index (Phi) is 9.28. The van der Waals surface area contributed by atoms with Crippen molar-refractivity contribution in [2.75, 3.05) is 24.8 Å². The molecular formula is C25H28N4O4S. The number of benzene rings is 2. The van der Waals surface area contributed by atoms with Gasteiger partial charge in [-0.2, -0.15) is 0 Å². The molecule has 3 aromatic rings. The Morgan fingerprint density at radius 2 is 1.97 bits per heavy atom. The van der Waals surface area contributed by atoms with E-state index in [1.807, 2.05) is 35.8 Å². The summed E-state index contributed by atoms with van der Waals surface area (Å²) in [4.78, 5) is 24.6. The SMILES string of the molecule is C=CCn1c(Cc2ccc(OC)cc2)nnc1SCC(=O)Nc1cccc(C(=O)OCCC)c1. The van der Waals surface area contributed by atoms with E-state index in [0.29, 0.717) is 36.0 Å². The van der Waals surface area contributed by atoms with E-state index in [2.05, 4.69) is 22.1 Å². The molecule has 0 aliphatic heterocycles. The van der Waals surface area contributed by atoms with E-state index in [4.69, 9.17) is 9.47 Å². The number of anilines is 1. The zero-order chi connectivity index (χ0) is 24.3. The lowest BCUT2D eigenvalue weighted by Gasteiger charge is -2.09. The van der Waals surface area contributed by atoms with Crippen LogP contribution in [0.3, 0.4) is 0 Å². The molecule has 0 saturated heterocycles. The van der Waals surface area contributed by atoms with Gasteiger partial charge in [-0.3, -0.25) is 4.79 Å². The molecule has 1 amide bonds. The zero-order valence-electron chi connectivity index (χ0n) is 19.3. The molecule has 1 N–H and O–H groups in total. The third kappa shape index (κ3) is 6.95. The second kappa shape index (κ2) is 12.6. The maximum atomic E-state index is 12.5. The number of rotatable bonds is 12. The lowest BCUT2D eigenvalue weighted by atomic mass is 10.1.